The van der Waals surface area contributed by atoms with Gasteiger partial charge in [-0.1, -0.05) is 11.6 Å². The lowest BCUT2D eigenvalue weighted by Crippen LogP contribution is -2.15. The van der Waals surface area contributed by atoms with Gasteiger partial charge in [-0.3, -0.25) is 19.6 Å². The van der Waals surface area contributed by atoms with E-state index in [1.54, 1.807) is 30.6 Å². The fraction of sp³-hybridized carbons (Fsp3) is 0.182. The topological polar surface area (TPSA) is 129 Å². The Morgan fingerprint density at radius 3 is 2.69 bits per heavy atom. The van der Waals surface area contributed by atoms with E-state index >= 15 is 0 Å². The van der Waals surface area contributed by atoms with Crippen LogP contribution in [0.3, 0.4) is 0 Å². The van der Waals surface area contributed by atoms with Crippen molar-refractivity contribution in [3.8, 4) is 0 Å². The summed E-state index contributed by atoms with van der Waals surface area (Å²) in [5.74, 6) is -0.407. The van der Waals surface area contributed by atoms with E-state index in [9.17, 15) is 9.59 Å². The second-order valence-electron chi connectivity index (χ2n) is 7.49. The molecule has 10 heteroatoms. The Balaban J connectivity index is 1.59. The van der Waals surface area contributed by atoms with E-state index < -0.39 is 0 Å². The van der Waals surface area contributed by atoms with E-state index in [4.69, 9.17) is 17.3 Å². The van der Waals surface area contributed by atoms with Crippen molar-refractivity contribution in [2.24, 2.45) is 0 Å². The molecule has 0 atom stereocenters. The maximum absolute atomic E-state index is 13.3. The number of anilines is 2. The summed E-state index contributed by atoms with van der Waals surface area (Å²) in [6.07, 6.45) is 7.76. The minimum Gasteiger partial charge on any atom is -0.368 e. The molecule has 0 fully saturated rings. The zero-order valence-corrected chi connectivity index (χ0v) is 18.2. The van der Waals surface area contributed by atoms with Crippen molar-refractivity contribution >= 4 is 46.0 Å². The van der Waals surface area contributed by atoms with Crippen molar-refractivity contribution in [2.45, 2.75) is 26.3 Å². The van der Waals surface area contributed by atoms with Gasteiger partial charge in [0.15, 0.2) is 5.78 Å². The van der Waals surface area contributed by atoms with Crippen LogP contribution < -0.4 is 11.1 Å². The number of aromatic nitrogens is 5. The highest BCUT2D eigenvalue weighted by molar-refractivity contribution is 6.30. The number of rotatable bonds is 6. The molecule has 4 rings (SSSR count). The first kappa shape index (κ1) is 21.4. The SMILES string of the molecule is CC(C)n1cc(C(=O)c2cncc(NC(=O)Cc3ccc(Cl)cn3)c2)c2cnc(N)nc21. The summed E-state index contributed by atoms with van der Waals surface area (Å²) in [5, 5.41) is 3.84. The van der Waals surface area contributed by atoms with Crippen molar-refractivity contribution in [1.29, 1.82) is 0 Å². The summed E-state index contributed by atoms with van der Waals surface area (Å²) in [6.45, 7) is 3.97. The van der Waals surface area contributed by atoms with Crippen LogP contribution in [0.15, 0.2) is 49.2 Å². The number of nitrogens with one attached hydrogen (secondary N) is 1. The molecule has 0 spiro atoms. The van der Waals surface area contributed by atoms with Crippen LogP contribution in [0.4, 0.5) is 11.6 Å². The number of carbonyl (C=O) groups excluding carboxylic acids is 2. The predicted molar refractivity (Wildman–Crippen MR) is 122 cm³/mol. The van der Waals surface area contributed by atoms with Gasteiger partial charge < -0.3 is 15.6 Å². The van der Waals surface area contributed by atoms with Gasteiger partial charge in [0, 0.05) is 47.5 Å². The van der Waals surface area contributed by atoms with E-state index in [-0.39, 0.29) is 30.1 Å². The highest BCUT2D eigenvalue weighted by Gasteiger charge is 2.20. The van der Waals surface area contributed by atoms with Gasteiger partial charge in [0.2, 0.25) is 11.9 Å². The maximum Gasteiger partial charge on any atom is 0.230 e. The predicted octanol–water partition coefficient (Wildman–Crippen LogP) is 3.45. The lowest BCUT2D eigenvalue weighted by atomic mass is 10.1. The van der Waals surface area contributed by atoms with Gasteiger partial charge in [-0.2, -0.15) is 4.98 Å². The van der Waals surface area contributed by atoms with E-state index in [0.29, 0.717) is 38.6 Å². The number of halogens is 1. The van der Waals surface area contributed by atoms with E-state index in [0.717, 1.165) is 0 Å². The first-order valence-corrected chi connectivity index (χ1v) is 10.2. The normalized spacial score (nSPS) is 11.1. The summed E-state index contributed by atoms with van der Waals surface area (Å²) in [6, 6.07) is 5.00. The third-order valence-electron chi connectivity index (χ3n) is 4.81. The van der Waals surface area contributed by atoms with Crippen molar-refractivity contribution in [2.75, 3.05) is 11.1 Å². The van der Waals surface area contributed by atoms with Gasteiger partial charge in [-0.15, -0.1) is 0 Å². The molecule has 9 nitrogen and oxygen atoms in total. The fourth-order valence-corrected chi connectivity index (χ4v) is 3.40. The first-order chi connectivity index (χ1) is 15.3. The lowest BCUT2D eigenvalue weighted by molar-refractivity contribution is -0.115. The standard InChI is InChI=1S/C22H20ClN7O2/c1-12(2)30-11-18(17-10-27-22(24)29-21(17)30)20(32)13-5-16(9-25-7-13)28-19(31)6-15-4-3-14(23)8-26-15/h3-5,7-12H,6H2,1-2H3,(H,28,31)(H2,24,27,29). The molecule has 0 aliphatic carbocycles. The summed E-state index contributed by atoms with van der Waals surface area (Å²) in [7, 11) is 0. The molecule has 4 aromatic rings. The average molecular weight is 450 g/mol. The third-order valence-corrected chi connectivity index (χ3v) is 5.03. The molecule has 32 heavy (non-hydrogen) atoms. The molecule has 1 amide bonds. The number of pyridine rings is 2. The Labute approximate surface area is 188 Å². The second kappa shape index (κ2) is 8.72. The summed E-state index contributed by atoms with van der Waals surface area (Å²) >= 11 is 5.82. The molecular weight excluding hydrogens is 430 g/mol. The molecule has 0 radical (unpaired) electrons. The highest BCUT2D eigenvalue weighted by atomic mass is 35.5. The number of nitrogen functional groups attached to an aromatic ring is 1. The Kier molecular flexibility index (Phi) is 5.83. The number of nitrogens with zero attached hydrogens (tertiary/aromatic N) is 5. The van der Waals surface area contributed by atoms with E-state index in [1.807, 2.05) is 18.4 Å². The monoisotopic (exact) mass is 449 g/mol. The smallest absolute Gasteiger partial charge is 0.230 e. The molecule has 0 unspecified atom stereocenters. The molecule has 4 aromatic heterocycles. The van der Waals surface area contributed by atoms with Crippen LogP contribution in [0.2, 0.25) is 5.02 Å². The number of carbonyl (C=O) groups is 2. The van der Waals surface area contributed by atoms with Crippen molar-refractivity contribution in [1.82, 2.24) is 24.5 Å². The largest absolute Gasteiger partial charge is 0.368 e. The van der Waals surface area contributed by atoms with Crippen LogP contribution in [-0.4, -0.2) is 36.2 Å². The molecule has 0 saturated carbocycles. The molecule has 0 bridgehead atoms. The van der Waals surface area contributed by atoms with Crippen molar-refractivity contribution in [3.05, 3.63) is 71.0 Å². The summed E-state index contributed by atoms with van der Waals surface area (Å²) < 4.78 is 1.87. The van der Waals surface area contributed by atoms with Crippen LogP contribution in [0, 0.1) is 0 Å². The molecule has 3 N–H and O–H groups in total. The van der Waals surface area contributed by atoms with E-state index in [2.05, 4.69) is 25.3 Å². The average Bonchev–Trinajstić information content (AvgIpc) is 3.14. The molecule has 0 saturated heterocycles. The first-order valence-electron chi connectivity index (χ1n) is 9.85. The zero-order chi connectivity index (χ0) is 22.8. The Hall–Kier alpha value is -3.85. The van der Waals surface area contributed by atoms with Crippen molar-refractivity contribution < 1.29 is 9.59 Å². The quantitative estimate of drug-likeness (QED) is 0.431. The minimum absolute atomic E-state index is 0.0655. The van der Waals surface area contributed by atoms with Gasteiger partial charge in [-0.05, 0) is 32.0 Å². The van der Waals surface area contributed by atoms with Gasteiger partial charge in [0.05, 0.1) is 28.9 Å². The molecule has 0 aliphatic heterocycles. The minimum atomic E-state index is -0.286. The molecule has 0 aliphatic rings. The van der Waals surface area contributed by atoms with Gasteiger partial charge in [-0.25, -0.2) is 4.98 Å². The maximum atomic E-state index is 13.3. The van der Waals surface area contributed by atoms with Gasteiger partial charge >= 0.3 is 0 Å². The fourth-order valence-electron chi connectivity index (χ4n) is 3.29. The van der Waals surface area contributed by atoms with E-state index in [1.165, 1.54) is 18.6 Å². The Morgan fingerprint density at radius 1 is 1.16 bits per heavy atom. The molecule has 0 aromatic carbocycles. The van der Waals surface area contributed by atoms with Crippen molar-refractivity contribution in [3.63, 3.8) is 0 Å². The number of amides is 1. The van der Waals surface area contributed by atoms with Crippen LogP contribution in [0.1, 0.15) is 41.5 Å². The lowest BCUT2D eigenvalue weighted by Gasteiger charge is -2.07. The van der Waals surface area contributed by atoms with Crippen LogP contribution in [0.5, 0.6) is 0 Å². The zero-order valence-electron chi connectivity index (χ0n) is 17.4. The number of hydrogen-bond acceptors (Lipinski definition) is 7. The number of nitrogens with two attached hydrogens (primary N) is 1. The Bertz CT molecular complexity index is 1320. The number of fused-ring (bicyclic) bond motifs is 1. The highest BCUT2D eigenvalue weighted by Crippen LogP contribution is 2.26. The van der Waals surface area contributed by atoms with Crippen LogP contribution in [-0.2, 0) is 11.2 Å². The second-order valence-corrected chi connectivity index (χ2v) is 7.93. The van der Waals surface area contributed by atoms with Crippen LogP contribution >= 0.6 is 11.6 Å². The third kappa shape index (κ3) is 4.42. The molecular formula is C22H20ClN7O2. The van der Waals surface area contributed by atoms with Gasteiger partial charge in [0.25, 0.3) is 0 Å². The summed E-state index contributed by atoms with van der Waals surface area (Å²) in [5.41, 5.74) is 8.07. The Morgan fingerprint density at radius 2 is 1.97 bits per heavy atom. The molecule has 4 heterocycles. The number of ketones is 1. The van der Waals surface area contributed by atoms with Gasteiger partial charge in [0.1, 0.15) is 5.65 Å². The summed E-state index contributed by atoms with van der Waals surface area (Å²) in [4.78, 5) is 42.2. The number of hydrogen-bond donors (Lipinski definition) is 2. The molecule has 162 valence electrons. The van der Waals surface area contributed by atoms with Crippen LogP contribution in [0.25, 0.3) is 11.0 Å².